The Morgan fingerprint density at radius 2 is 1.45 bits per heavy atom. The van der Waals surface area contributed by atoms with Crippen LogP contribution in [0, 0.1) is 0 Å². The van der Waals surface area contributed by atoms with Crippen molar-refractivity contribution < 1.29 is 44.5 Å². The lowest BCUT2D eigenvalue weighted by Crippen LogP contribution is -2.61. The van der Waals surface area contributed by atoms with Crippen molar-refractivity contribution in [3.05, 3.63) is 95.6 Å². The number of benzene rings is 3. The molecule has 0 amide bonds. The number of hydrogen-bond acceptors (Lipinski definition) is 9. The van der Waals surface area contributed by atoms with Crippen LogP contribution in [0.3, 0.4) is 0 Å². The van der Waals surface area contributed by atoms with E-state index in [4.69, 9.17) is 14.2 Å². The smallest absolute Gasteiger partial charge is 0.331 e. The molecule has 1 aliphatic heterocycles. The Hall–Kier alpha value is -4.15. The first-order valence-electron chi connectivity index (χ1n) is 11.9. The number of aliphatic hydroxyl groups is 3. The molecular formula is C29H28O9. The maximum Gasteiger partial charge on any atom is 0.331 e. The second-order valence-electron chi connectivity index (χ2n) is 8.66. The molecule has 1 heterocycles. The molecule has 5 N–H and O–H groups in total. The molecule has 0 bridgehead atoms. The van der Waals surface area contributed by atoms with Crippen LogP contribution in [-0.4, -0.2) is 68.8 Å². The average Bonchev–Trinajstić information content (AvgIpc) is 2.91. The summed E-state index contributed by atoms with van der Waals surface area (Å²) in [5.74, 6) is -0.563. The van der Waals surface area contributed by atoms with Crippen molar-refractivity contribution in [2.24, 2.45) is 0 Å². The van der Waals surface area contributed by atoms with Gasteiger partial charge in [-0.25, -0.2) is 4.79 Å². The summed E-state index contributed by atoms with van der Waals surface area (Å²) >= 11 is 0. The molecule has 1 fully saturated rings. The number of ether oxygens (including phenoxy) is 3. The van der Waals surface area contributed by atoms with Crippen LogP contribution in [0.25, 0.3) is 18.2 Å². The van der Waals surface area contributed by atoms with E-state index in [1.165, 1.54) is 24.3 Å². The van der Waals surface area contributed by atoms with E-state index in [2.05, 4.69) is 0 Å². The number of phenolic OH excluding ortho intramolecular Hbond substituents is 2. The van der Waals surface area contributed by atoms with Crippen LogP contribution in [0.5, 0.6) is 17.2 Å². The zero-order chi connectivity index (χ0) is 27.1. The predicted octanol–water partition coefficient (Wildman–Crippen LogP) is 2.71. The zero-order valence-corrected chi connectivity index (χ0v) is 20.2. The molecule has 5 atom stereocenters. The Kier molecular flexibility index (Phi) is 8.77. The standard InChI is InChI=1S/C29H28O9/c30-17-24-26(34)27(35)28(38-25(33)13-10-18-4-2-1-3-5-18)29(37-24)36-23-11-8-19(9-12-23)6-7-20-14-21(31)16-22(32)15-20/h1-16,24,26-32,34-35H,17H2/b7-6+,13-10+/t24-,26-,27+,28-,29-/m1/s1. The average molecular weight is 521 g/mol. The molecule has 0 aliphatic carbocycles. The monoisotopic (exact) mass is 520 g/mol. The molecule has 1 saturated heterocycles. The van der Waals surface area contributed by atoms with Gasteiger partial charge in [-0.2, -0.15) is 0 Å². The second kappa shape index (κ2) is 12.4. The van der Waals surface area contributed by atoms with Crippen molar-refractivity contribution in [2.75, 3.05) is 6.61 Å². The third-order valence-electron chi connectivity index (χ3n) is 5.81. The first-order chi connectivity index (χ1) is 18.3. The lowest BCUT2D eigenvalue weighted by Gasteiger charge is -2.41. The number of rotatable bonds is 8. The van der Waals surface area contributed by atoms with Crippen molar-refractivity contribution in [3.8, 4) is 17.2 Å². The molecule has 9 nitrogen and oxygen atoms in total. The van der Waals surface area contributed by atoms with E-state index in [1.54, 1.807) is 54.6 Å². The summed E-state index contributed by atoms with van der Waals surface area (Å²) in [7, 11) is 0. The van der Waals surface area contributed by atoms with Gasteiger partial charge < -0.3 is 39.7 Å². The van der Waals surface area contributed by atoms with Gasteiger partial charge in [-0.15, -0.1) is 0 Å². The van der Waals surface area contributed by atoms with E-state index in [9.17, 15) is 30.3 Å². The molecule has 0 unspecified atom stereocenters. The first-order valence-corrected chi connectivity index (χ1v) is 11.9. The maximum absolute atomic E-state index is 12.5. The molecule has 3 aromatic carbocycles. The minimum absolute atomic E-state index is 0.0554. The Bertz CT molecular complexity index is 1250. The van der Waals surface area contributed by atoms with Crippen molar-refractivity contribution in [2.45, 2.75) is 30.7 Å². The summed E-state index contributed by atoms with van der Waals surface area (Å²) in [5.41, 5.74) is 2.16. The Morgan fingerprint density at radius 1 is 0.816 bits per heavy atom. The van der Waals surface area contributed by atoms with E-state index < -0.39 is 43.3 Å². The van der Waals surface area contributed by atoms with Crippen molar-refractivity contribution in [3.63, 3.8) is 0 Å². The number of phenols is 2. The topological polar surface area (TPSA) is 146 Å². The molecule has 0 radical (unpaired) electrons. The van der Waals surface area contributed by atoms with E-state index in [1.807, 2.05) is 18.2 Å². The fraction of sp³-hybridized carbons (Fsp3) is 0.207. The van der Waals surface area contributed by atoms with Gasteiger partial charge in [0.25, 0.3) is 0 Å². The number of carbonyl (C=O) groups excluding carboxylic acids is 1. The fourth-order valence-corrected chi connectivity index (χ4v) is 3.88. The van der Waals surface area contributed by atoms with E-state index in [-0.39, 0.29) is 11.5 Å². The highest BCUT2D eigenvalue weighted by atomic mass is 16.7. The highest BCUT2D eigenvalue weighted by Gasteiger charge is 2.47. The minimum Gasteiger partial charge on any atom is -0.508 e. The van der Waals surface area contributed by atoms with Gasteiger partial charge in [0.05, 0.1) is 6.61 Å². The molecular weight excluding hydrogens is 492 g/mol. The van der Waals surface area contributed by atoms with E-state index in [0.29, 0.717) is 11.3 Å². The van der Waals surface area contributed by atoms with Crippen LogP contribution in [-0.2, 0) is 14.3 Å². The molecule has 0 saturated carbocycles. The van der Waals surface area contributed by atoms with Gasteiger partial charge in [-0.3, -0.25) is 0 Å². The summed E-state index contributed by atoms with van der Waals surface area (Å²) in [4.78, 5) is 12.5. The summed E-state index contributed by atoms with van der Waals surface area (Å²) in [5, 5.41) is 49.7. The minimum atomic E-state index is -1.57. The van der Waals surface area contributed by atoms with Crippen LogP contribution in [0.2, 0.25) is 0 Å². The third kappa shape index (κ3) is 6.99. The number of aromatic hydroxyl groups is 2. The molecule has 4 rings (SSSR count). The van der Waals surface area contributed by atoms with Crippen molar-refractivity contribution in [1.29, 1.82) is 0 Å². The van der Waals surface area contributed by atoms with Crippen LogP contribution < -0.4 is 4.74 Å². The largest absolute Gasteiger partial charge is 0.508 e. The quantitative estimate of drug-likeness (QED) is 0.172. The lowest BCUT2D eigenvalue weighted by molar-refractivity contribution is -0.281. The lowest BCUT2D eigenvalue weighted by atomic mass is 9.99. The number of esters is 1. The van der Waals surface area contributed by atoms with E-state index in [0.717, 1.165) is 11.1 Å². The number of aliphatic hydroxyl groups excluding tert-OH is 3. The second-order valence-corrected chi connectivity index (χ2v) is 8.66. The predicted molar refractivity (Wildman–Crippen MR) is 139 cm³/mol. The van der Waals surface area contributed by atoms with Gasteiger partial charge in [-0.1, -0.05) is 54.6 Å². The molecule has 3 aromatic rings. The third-order valence-corrected chi connectivity index (χ3v) is 5.81. The molecule has 9 heteroatoms. The summed E-state index contributed by atoms with van der Waals surface area (Å²) in [6, 6.07) is 20.0. The molecule has 198 valence electrons. The zero-order valence-electron chi connectivity index (χ0n) is 20.2. The molecule has 38 heavy (non-hydrogen) atoms. The Morgan fingerprint density at radius 3 is 2.11 bits per heavy atom. The van der Waals surface area contributed by atoms with Gasteiger partial charge in [0.15, 0.2) is 6.10 Å². The van der Waals surface area contributed by atoms with Gasteiger partial charge in [0.1, 0.15) is 35.6 Å². The molecule has 0 spiro atoms. The highest BCUT2D eigenvalue weighted by Crippen LogP contribution is 2.27. The van der Waals surface area contributed by atoms with Crippen molar-refractivity contribution >= 4 is 24.2 Å². The van der Waals surface area contributed by atoms with Crippen LogP contribution in [0.1, 0.15) is 16.7 Å². The fourth-order valence-electron chi connectivity index (χ4n) is 3.88. The number of carbonyl (C=O) groups is 1. The van der Waals surface area contributed by atoms with Crippen LogP contribution in [0.15, 0.2) is 78.9 Å². The normalized spacial score (nSPS) is 23.5. The SMILES string of the molecule is O=C(/C=C/c1ccccc1)O[C@H]1[C@H](Oc2ccc(/C=C/c3cc(O)cc(O)c3)cc2)O[C@H](CO)[C@@H](O)[C@@H]1O. The van der Waals surface area contributed by atoms with Gasteiger partial charge in [0, 0.05) is 12.1 Å². The molecule has 1 aliphatic rings. The summed E-state index contributed by atoms with van der Waals surface area (Å²) in [6.45, 7) is -0.582. The van der Waals surface area contributed by atoms with Crippen LogP contribution >= 0.6 is 0 Å². The van der Waals surface area contributed by atoms with Gasteiger partial charge in [-0.05, 0) is 47.0 Å². The van der Waals surface area contributed by atoms with Gasteiger partial charge in [0.2, 0.25) is 6.29 Å². The maximum atomic E-state index is 12.5. The van der Waals surface area contributed by atoms with Gasteiger partial charge >= 0.3 is 5.97 Å². The van der Waals surface area contributed by atoms with Crippen molar-refractivity contribution in [1.82, 2.24) is 0 Å². The highest BCUT2D eigenvalue weighted by molar-refractivity contribution is 5.87. The Labute approximate surface area is 219 Å². The Balaban J connectivity index is 1.46. The summed E-state index contributed by atoms with van der Waals surface area (Å²) < 4.78 is 16.8. The summed E-state index contributed by atoms with van der Waals surface area (Å²) in [6.07, 6.45) is -0.688. The van der Waals surface area contributed by atoms with Crippen LogP contribution in [0.4, 0.5) is 0 Å². The number of hydrogen-bond donors (Lipinski definition) is 5. The molecule has 0 aromatic heterocycles. The van der Waals surface area contributed by atoms with E-state index >= 15 is 0 Å². The first kappa shape index (κ1) is 26.9.